The molecule has 6 nitrogen and oxygen atoms in total. The number of rotatable bonds is 5. The lowest BCUT2D eigenvalue weighted by atomic mass is 10.1. The summed E-state index contributed by atoms with van der Waals surface area (Å²) in [4.78, 5) is 17.9. The maximum Gasteiger partial charge on any atom is 0.267 e. The van der Waals surface area contributed by atoms with E-state index in [0.29, 0.717) is 30.8 Å². The standard InChI is InChI=1S/C20H22FN3O3/c1-13-2-5-19(27-13)18(24-6-8-26-9-7-24)12-22-20(25)17-11-14-10-15(21)3-4-16(14)23-17/h2-5,10-11,18,23H,6-9,12H2,1H3,(H,22,25). The number of hydrogen-bond donors (Lipinski definition) is 2. The molecule has 1 saturated heterocycles. The molecule has 27 heavy (non-hydrogen) atoms. The molecule has 1 aliphatic heterocycles. The van der Waals surface area contributed by atoms with Crippen LogP contribution in [0.3, 0.4) is 0 Å². The quantitative estimate of drug-likeness (QED) is 0.723. The fourth-order valence-electron chi connectivity index (χ4n) is 3.44. The van der Waals surface area contributed by atoms with Crippen LogP contribution < -0.4 is 5.32 Å². The Bertz CT molecular complexity index is 943. The molecular formula is C20H22FN3O3. The number of benzene rings is 1. The molecule has 0 spiro atoms. The highest BCUT2D eigenvalue weighted by molar-refractivity contribution is 5.98. The molecule has 1 atom stereocenters. The van der Waals surface area contributed by atoms with Crippen LogP contribution in [0.1, 0.15) is 28.1 Å². The summed E-state index contributed by atoms with van der Waals surface area (Å²) in [6, 6.07) is 9.88. The second-order valence-corrected chi connectivity index (χ2v) is 6.74. The summed E-state index contributed by atoms with van der Waals surface area (Å²) in [6.45, 7) is 5.21. The van der Waals surface area contributed by atoms with E-state index in [1.54, 1.807) is 12.1 Å². The molecule has 3 heterocycles. The fraction of sp³-hybridized carbons (Fsp3) is 0.350. The first-order chi connectivity index (χ1) is 13.1. The lowest BCUT2D eigenvalue weighted by molar-refractivity contribution is 0.0117. The third-order valence-corrected chi connectivity index (χ3v) is 4.86. The van der Waals surface area contributed by atoms with Crippen LogP contribution in [0.5, 0.6) is 0 Å². The number of ether oxygens (including phenoxy) is 1. The Labute approximate surface area is 156 Å². The van der Waals surface area contributed by atoms with Gasteiger partial charge in [0.15, 0.2) is 0 Å². The number of carbonyl (C=O) groups is 1. The van der Waals surface area contributed by atoms with Crippen LogP contribution in [0.2, 0.25) is 0 Å². The van der Waals surface area contributed by atoms with E-state index in [9.17, 15) is 9.18 Å². The maximum atomic E-state index is 13.4. The number of amides is 1. The SMILES string of the molecule is Cc1ccc(C(CNC(=O)c2cc3cc(F)ccc3[nH]2)N2CCOCC2)o1. The van der Waals surface area contributed by atoms with Crippen molar-refractivity contribution in [2.24, 2.45) is 0 Å². The van der Waals surface area contributed by atoms with E-state index >= 15 is 0 Å². The first kappa shape index (κ1) is 17.8. The van der Waals surface area contributed by atoms with E-state index in [1.165, 1.54) is 12.1 Å². The number of aromatic amines is 1. The minimum atomic E-state index is -0.325. The number of nitrogens with one attached hydrogen (secondary N) is 2. The van der Waals surface area contributed by atoms with Crippen molar-refractivity contribution in [1.82, 2.24) is 15.2 Å². The zero-order chi connectivity index (χ0) is 18.8. The molecule has 0 bridgehead atoms. The summed E-state index contributed by atoms with van der Waals surface area (Å²) < 4.78 is 24.6. The van der Waals surface area contributed by atoms with Crippen molar-refractivity contribution in [3.05, 3.63) is 59.4 Å². The van der Waals surface area contributed by atoms with Crippen molar-refractivity contribution in [3.8, 4) is 0 Å². The van der Waals surface area contributed by atoms with Gasteiger partial charge in [-0.2, -0.15) is 0 Å². The Kier molecular flexibility index (Phi) is 4.96. The van der Waals surface area contributed by atoms with Gasteiger partial charge in [0.2, 0.25) is 0 Å². The van der Waals surface area contributed by atoms with Gasteiger partial charge in [-0.15, -0.1) is 0 Å². The summed E-state index contributed by atoms with van der Waals surface area (Å²) in [5, 5.41) is 3.65. The lowest BCUT2D eigenvalue weighted by Gasteiger charge is -2.33. The molecule has 1 amide bonds. The van der Waals surface area contributed by atoms with Gasteiger partial charge in [0.05, 0.1) is 19.3 Å². The Morgan fingerprint density at radius 3 is 2.81 bits per heavy atom. The van der Waals surface area contributed by atoms with Gasteiger partial charge in [-0.1, -0.05) is 0 Å². The smallest absolute Gasteiger partial charge is 0.267 e. The molecule has 0 radical (unpaired) electrons. The molecule has 3 aromatic rings. The number of H-pyrrole nitrogens is 1. The van der Waals surface area contributed by atoms with E-state index in [4.69, 9.17) is 9.15 Å². The van der Waals surface area contributed by atoms with Crippen molar-refractivity contribution >= 4 is 16.8 Å². The van der Waals surface area contributed by atoms with Crippen LogP contribution in [0, 0.1) is 12.7 Å². The molecule has 0 saturated carbocycles. The second kappa shape index (κ2) is 7.54. The zero-order valence-electron chi connectivity index (χ0n) is 15.1. The van der Waals surface area contributed by atoms with Gasteiger partial charge in [0.25, 0.3) is 5.91 Å². The van der Waals surface area contributed by atoms with Gasteiger partial charge in [-0.3, -0.25) is 9.69 Å². The topological polar surface area (TPSA) is 70.5 Å². The lowest BCUT2D eigenvalue weighted by Crippen LogP contribution is -2.43. The van der Waals surface area contributed by atoms with Gasteiger partial charge < -0.3 is 19.5 Å². The summed E-state index contributed by atoms with van der Waals surface area (Å²) in [6.07, 6.45) is 0. The summed E-state index contributed by atoms with van der Waals surface area (Å²) in [7, 11) is 0. The minimum absolute atomic E-state index is 0.0617. The van der Waals surface area contributed by atoms with E-state index in [-0.39, 0.29) is 17.8 Å². The number of hydrogen-bond acceptors (Lipinski definition) is 4. The number of furan rings is 1. The van der Waals surface area contributed by atoms with E-state index in [0.717, 1.165) is 30.1 Å². The van der Waals surface area contributed by atoms with E-state index in [1.807, 2.05) is 19.1 Å². The van der Waals surface area contributed by atoms with Crippen LogP contribution in [0.4, 0.5) is 4.39 Å². The van der Waals surface area contributed by atoms with Crippen molar-refractivity contribution < 1.29 is 18.3 Å². The molecule has 0 aliphatic carbocycles. The average molecular weight is 371 g/mol. The molecule has 7 heteroatoms. The zero-order valence-corrected chi connectivity index (χ0v) is 15.1. The third-order valence-electron chi connectivity index (χ3n) is 4.86. The highest BCUT2D eigenvalue weighted by Crippen LogP contribution is 2.24. The Morgan fingerprint density at radius 2 is 2.07 bits per heavy atom. The number of halogens is 1. The Morgan fingerprint density at radius 1 is 1.26 bits per heavy atom. The monoisotopic (exact) mass is 371 g/mol. The number of carbonyl (C=O) groups excluding carboxylic acids is 1. The molecule has 4 rings (SSSR count). The molecule has 1 aliphatic rings. The Balaban J connectivity index is 1.49. The van der Waals surface area contributed by atoms with Gasteiger partial charge >= 0.3 is 0 Å². The van der Waals surface area contributed by atoms with E-state index in [2.05, 4.69) is 15.2 Å². The average Bonchev–Trinajstić information content (AvgIpc) is 3.28. The van der Waals surface area contributed by atoms with Crippen LogP contribution in [-0.2, 0) is 4.74 Å². The highest BCUT2D eigenvalue weighted by atomic mass is 19.1. The van der Waals surface area contributed by atoms with Gasteiger partial charge in [-0.05, 0) is 43.3 Å². The normalized spacial score (nSPS) is 16.5. The predicted molar refractivity (Wildman–Crippen MR) is 99.2 cm³/mol. The summed E-state index contributed by atoms with van der Waals surface area (Å²) in [5.41, 5.74) is 1.14. The van der Waals surface area contributed by atoms with Crippen LogP contribution >= 0.6 is 0 Å². The summed E-state index contributed by atoms with van der Waals surface area (Å²) >= 11 is 0. The molecule has 1 aromatic carbocycles. The molecule has 1 unspecified atom stereocenters. The minimum Gasteiger partial charge on any atom is -0.465 e. The second-order valence-electron chi connectivity index (χ2n) is 6.74. The molecule has 142 valence electrons. The third kappa shape index (κ3) is 3.89. The summed E-state index contributed by atoms with van der Waals surface area (Å²) in [5.74, 6) is 1.11. The molecule has 2 aromatic heterocycles. The van der Waals surface area contributed by atoms with Crippen molar-refractivity contribution in [3.63, 3.8) is 0 Å². The first-order valence-electron chi connectivity index (χ1n) is 9.05. The Hall–Kier alpha value is -2.64. The number of aromatic nitrogens is 1. The number of nitrogens with zero attached hydrogens (tertiary/aromatic N) is 1. The van der Waals surface area contributed by atoms with Crippen molar-refractivity contribution in [1.29, 1.82) is 0 Å². The van der Waals surface area contributed by atoms with Crippen LogP contribution in [0.25, 0.3) is 10.9 Å². The highest BCUT2D eigenvalue weighted by Gasteiger charge is 2.26. The predicted octanol–water partition coefficient (Wildman–Crippen LogP) is 3.01. The van der Waals surface area contributed by atoms with Gasteiger partial charge in [0, 0.05) is 30.5 Å². The van der Waals surface area contributed by atoms with Crippen molar-refractivity contribution in [2.75, 3.05) is 32.8 Å². The largest absolute Gasteiger partial charge is 0.465 e. The van der Waals surface area contributed by atoms with Gasteiger partial charge in [0.1, 0.15) is 23.0 Å². The van der Waals surface area contributed by atoms with Gasteiger partial charge in [-0.25, -0.2) is 4.39 Å². The van der Waals surface area contributed by atoms with E-state index < -0.39 is 0 Å². The maximum absolute atomic E-state index is 13.4. The number of aryl methyl sites for hydroxylation is 1. The molecular weight excluding hydrogens is 349 g/mol. The van der Waals surface area contributed by atoms with Crippen LogP contribution in [-0.4, -0.2) is 48.6 Å². The number of morpholine rings is 1. The molecule has 1 fully saturated rings. The first-order valence-corrected chi connectivity index (χ1v) is 9.05. The fourth-order valence-corrected chi connectivity index (χ4v) is 3.44. The van der Waals surface area contributed by atoms with Crippen molar-refractivity contribution in [2.45, 2.75) is 13.0 Å². The molecule has 2 N–H and O–H groups in total. The van der Waals surface area contributed by atoms with Crippen LogP contribution in [0.15, 0.2) is 40.8 Å². The number of fused-ring (bicyclic) bond motifs is 1.